The van der Waals surface area contributed by atoms with Gasteiger partial charge < -0.3 is 14.5 Å². The summed E-state index contributed by atoms with van der Waals surface area (Å²) in [5.41, 5.74) is 0.00797. The van der Waals surface area contributed by atoms with E-state index in [1.807, 2.05) is 6.92 Å². The van der Waals surface area contributed by atoms with E-state index in [4.69, 9.17) is 4.42 Å². The summed E-state index contributed by atoms with van der Waals surface area (Å²) < 4.78 is 9.81. The number of aryl methyl sites for hydroxylation is 1. The topological polar surface area (TPSA) is 85.6 Å². The van der Waals surface area contributed by atoms with Gasteiger partial charge >= 0.3 is 11.6 Å². The Balaban J connectivity index is 2.74. The molecular formula is C17H25NO5. The van der Waals surface area contributed by atoms with Crippen molar-refractivity contribution in [3.8, 4) is 0 Å². The van der Waals surface area contributed by atoms with E-state index in [1.165, 1.54) is 7.11 Å². The second-order valence-corrected chi connectivity index (χ2v) is 5.62. The van der Waals surface area contributed by atoms with Crippen LogP contribution in [0, 0.1) is 6.92 Å². The fraction of sp³-hybridized carbons (Fsp3) is 0.588. The molecule has 6 nitrogen and oxygen atoms in total. The summed E-state index contributed by atoms with van der Waals surface area (Å²) in [6.45, 7) is 6.08. The van der Waals surface area contributed by atoms with Gasteiger partial charge in [0.05, 0.1) is 7.11 Å². The minimum absolute atomic E-state index is 0.0236. The van der Waals surface area contributed by atoms with Crippen LogP contribution in [-0.4, -0.2) is 25.5 Å². The van der Waals surface area contributed by atoms with Crippen molar-refractivity contribution in [1.82, 2.24) is 5.32 Å². The molecule has 0 aromatic carbocycles. The number of nitrogens with one attached hydrogen (secondary N) is 1. The highest BCUT2D eigenvalue weighted by atomic mass is 16.5. The van der Waals surface area contributed by atoms with Crippen molar-refractivity contribution in [2.75, 3.05) is 13.7 Å². The molecule has 0 radical (unpaired) electrons. The molecule has 23 heavy (non-hydrogen) atoms. The Labute approximate surface area is 136 Å². The molecule has 1 amide bonds. The third-order valence-electron chi connectivity index (χ3n) is 3.67. The largest absolute Gasteiger partial charge is 0.469 e. The summed E-state index contributed by atoms with van der Waals surface area (Å²) in [7, 11) is 1.32. The quantitative estimate of drug-likeness (QED) is 0.587. The molecule has 0 fully saturated rings. The summed E-state index contributed by atoms with van der Waals surface area (Å²) in [6, 6.07) is 1.76. The number of hydrogen-bond donors (Lipinski definition) is 1. The predicted octanol–water partition coefficient (Wildman–Crippen LogP) is 2.53. The molecule has 0 aliphatic rings. The molecule has 1 aromatic rings. The first kappa shape index (κ1) is 18.9. The zero-order valence-corrected chi connectivity index (χ0v) is 14.2. The Morgan fingerprint density at radius 3 is 2.65 bits per heavy atom. The number of methoxy groups -OCH3 is 1. The second kappa shape index (κ2) is 9.12. The van der Waals surface area contributed by atoms with E-state index in [0.717, 1.165) is 12.8 Å². The zero-order chi connectivity index (χ0) is 17.4. The van der Waals surface area contributed by atoms with E-state index < -0.39 is 11.5 Å². The van der Waals surface area contributed by atoms with Crippen LogP contribution in [0.4, 0.5) is 0 Å². The van der Waals surface area contributed by atoms with Crippen molar-refractivity contribution in [2.45, 2.75) is 52.4 Å². The molecular weight excluding hydrogens is 298 g/mol. The van der Waals surface area contributed by atoms with E-state index in [1.54, 1.807) is 13.0 Å². The summed E-state index contributed by atoms with van der Waals surface area (Å²) in [4.78, 5) is 35.2. The lowest BCUT2D eigenvalue weighted by molar-refractivity contribution is -0.140. The SMILES string of the molecule is CCCC(C)c1cc(C)c(C(=O)NCCCC(=O)OC)c(=O)o1. The summed E-state index contributed by atoms with van der Waals surface area (Å²) in [6.07, 6.45) is 2.58. The van der Waals surface area contributed by atoms with Gasteiger partial charge in [0.25, 0.3) is 5.91 Å². The van der Waals surface area contributed by atoms with E-state index in [0.29, 0.717) is 24.3 Å². The Morgan fingerprint density at radius 2 is 2.09 bits per heavy atom. The van der Waals surface area contributed by atoms with Crippen molar-refractivity contribution in [2.24, 2.45) is 0 Å². The first-order valence-electron chi connectivity index (χ1n) is 7.90. The summed E-state index contributed by atoms with van der Waals surface area (Å²) in [5.74, 6) is -0.0554. The summed E-state index contributed by atoms with van der Waals surface area (Å²) in [5, 5.41) is 2.63. The number of amides is 1. The van der Waals surface area contributed by atoms with Crippen LogP contribution in [0.15, 0.2) is 15.3 Å². The summed E-state index contributed by atoms with van der Waals surface area (Å²) >= 11 is 0. The minimum Gasteiger partial charge on any atom is -0.469 e. The molecule has 1 heterocycles. The van der Waals surface area contributed by atoms with Crippen LogP contribution in [0.2, 0.25) is 0 Å². The number of rotatable bonds is 8. The smallest absolute Gasteiger partial charge is 0.349 e. The number of hydrogen-bond acceptors (Lipinski definition) is 5. The Hall–Kier alpha value is -2.11. The first-order valence-corrected chi connectivity index (χ1v) is 7.90. The fourth-order valence-electron chi connectivity index (χ4n) is 2.35. The maximum atomic E-state index is 12.1. The molecule has 0 spiro atoms. The molecule has 1 aromatic heterocycles. The first-order chi connectivity index (χ1) is 10.9. The number of ether oxygens (including phenoxy) is 1. The molecule has 1 N–H and O–H groups in total. The highest BCUT2D eigenvalue weighted by Crippen LogP contribution is 2.21. The lowest BCUT2D eigenvalue weighted by Gasteiger charge is -2.11. The molecule has 0 saturated carbocycles. The van der Waals surface area contributed by atoms with Crippen LogP contribution in [0.1, 0.15) is 67.1 Å². The molecule has 0 saturated heterocycles. The van der Waals surface area contributed by atoms with Gasteiger partial charge in [-0.05, 0) is 31.4 Å². The Kier molecular flexibility index (Phi) is 7.51. The van der Waals surface area contributed by atoms with E-state index in [-0.39, 0.29) is 23.9 Å². The van der Waals surface area contributed by atoms with Crippen molar-refractivity contribution in [3.63, 3.8) is 0 Å². The van der Waals surface area contributed by atoms with Crippen LogP contribution in [-0.2, 0) is 9.53 Å². The molecule has 1 rings (SSSR count). The van der Waals surface area contributed by atoms with Crippen molar-refractivity contribution < 1.29 is 18.7 Å². The van der Waals surface area contributed by atoms with Gasteiger partial charge in [0.15, 0.2) is 0 Å². The lowest BCUT2D eigenvalue weighted by Crippen LogP contribution is -2.30. The van der Waals surface area contributed by atoms with Crippen LogP contribution in [0.3, 0.4) is 0 Å². The standard InChI is InChI=1S/C17H25NO5/c1-5-7-11(2)13-10-12(3)15(17(21)23-13)16(20)18-9-6-8-14(19)22-4/h10-11H,5-9H2,1-4H3,(H,18,20). The van der Waals surface area contributed by atoms with Gasteiger partial charge in [0, 0.05) is 18.9 Å². The van der Waals surface area contributed by atoms with Gasteiger partial charge in [-0.25, -0.2) is 4.79 Å². The third kappa shape index (κ3) is 5.54. The molecule has 6 heteroatoms. The van der Waals surface area contributed by atoms with E-state index >= 15 is 0 Å². The van der Waals surface area contributed by atoms with Gasteiger partial charge in [-0.15, -0.1) is 0 Å². The van der Waals surface area contributed by atoms with Gasteiger partial charge in [-0.2, -0.15) is 0 Å². The van der Waals surface area contributed by atoms with Gasteiger partial charge in [-0.3, -0.25) is 9.59 Å². The fourth-order valence-corrected chi connectivity index (χ4v) is 2.35. The van der Waals surface area contributed by atoms with Crippen LogP contribution in [0.25, 0.3) is 0 Å². The highest BCUT2D eigenvalue weighted by Gasteiger charge is 2.18. The van der Waals surface area contributed by atoms with Crippen molar-refractivity contribution in [1.29, 1.82) is 0 Å². The van der Waals surface area contributed by atoms with Crippen LogP contribution >= 0.6 is 0 Å². The van der Waals surface area contributed by atoms with Crippen LogP contribution < -0.4 is 10.9 Å². The zero-order valence-electron chi connectivity index (χ0n) is 14.2. The minimum atomic E-state index is -0.617. The molecule has 0 bridgehead atoms. The number of carbonyl (C=O) groups is 2. The van der Waals surface area contributed by atoms with E-state index in [9.17, 15) is 14.4 Å². The predicted molar refractivity (Wildman–Crippen MR) is 86.6 cm³/mol. The van der Waals surface area contributed by atoms with Crippen molar-refractivity contribution in [3.05, 3.63) is 33.4 Å². The molecule has 1 unspecified atom stereocenters. The Morgan fingerprint density at radius 1 is 1.39 bits per heavy atom. The monoisotopic (exact) mass is 323 g/mol. The van der Waals surface area contributed by atoms with Gasteiger partial charge in [0.2, 0.25) is 0 Å². The van der Waals surface area contributed by atoms with Crippen molar-refractivity contribution >= 4 is 11.9 Å². The Bertz CT molecular complexity index is 605. The van der Waals surface area contributed by atoms with E-state index in [2.05, 4.69) is 17.0 Å². The molecule has 0 aliphatic heterocycles. The molecule has 128 valence electrons. The van der Waals surface area contributed by atoms with Crippen LogP contribution in [0.5, 0.6) is 0 Å². The van der Waals surface area contributed by atoms with Gasteiger partial charge in [-0.1, -0.05) is 20.3 Å². The average molecular weight is 323 g/mol. The molecule has 0 aliphatic carbocycles. The highest BCUT2D eigenvalue weighted by molar-refractivity contribution is 5.95. The maximum Gasteiger partial charge on any atom is 0.349 e. The number of carbonyl (C=O) groups excluding carboxylic acids is 2. The third-order valence-corrected chi connectivity index (χ3v) is 3.67. The lowest BCUT2D eigenvalue weighted by atomic mass is 10.0. The second-order valence-electron chi connectivity index (χ2n) is 5.62. The maximum absolute atomic E-state index is 12.1. The van der Waals surface area contributed by atoms with Gasteiger partial charge in [0.1, 0.15) is 11.3 Å². The normalized spacial score (nSPS) is 11.8. The number of esters is 1. The average Bonchev–Trinajstić information content (AvgIpc) is 2.50. The molecule has 1 atom stereocenters.